The first-order chi connectivity index (χ1) is 9.02. The van der Waals surface area contributed by atoms with E-state index >= 15 is 0 Å². The quantitative estimate of drug-likeness (QED) is 0.598. The van der Waals surface area contributed by atoms with Gasteiger partial charge in [0.05, 0.1) is 0 Å². The van der Waals surface area contributed by atoms with Crippen molar-refractivity contribution in [3.05, 3.63) is 0 Å². The molecule has 1 rings (SSSR count). The minimum Gasteiger partial charge on any atom is -0.327 e. The van der Waals surface area contributed by atoms with Crippen molar-refractivity contribution in [2.24, 2.45) is 35.3 Å². The molecule has 0 aromatic heterocycles. The van der Waals surface area contributed by atoms with Crippen LogP contribution in [-0.4, -0.2) is 6.04 Å². The zero-order valence-corrected chi connectivity index (χ0v) is 14.0. The van der Waals surface area contributed by atoms with E-state index in [4.69, 9.17) is 5.73 Å². The van der Waals surface area contributed by atoms with Gasteiger partial charge >= 0.3 is 0 Å². The van der Waals surface area contributed by atoms with E-state index < -0.39 is 0 Å². The van der Waals surface area contributed by atoms with Gasteiger partial charge in [-0.15, -0.1) is 0 Å². The summed E-state index contributed by atoms with van der Waals surface area (Å²) in [6, 6.07) is 0.450. The van der Waals surface area contributed by atoms with Crippen LogP contribution >= 0.6 is 0 Å². The Morgan fingerprint density at radius 3 is 2.32 bits per heavy atom. The minimum absolute atomic E-state index is 0.450. The molecule has 0 aliphatic heterocycles. The molecule has 0 aromatic carbocycles. The second-order valence-electron chi connectivity index (χ2n) is 7.24. The molecule has 0 amide bonds. The molecule has 3 unspecified atom stereocenters. The van der Waals surface area contributed by atoms with E-state index in [-0.39, 0.29) is 0 Å². The van der Waals surface area contributed by atoms with Crippen LogP contribution in [0.3, 0.4) is 0 Å². The molecule has 1 aliphatic rings. The van der Waals surface area contributed by atoms with Crippen LogP contribution in [0.15, 0.2) is 0 Å². The van der Waals surface area contributed by atoms with Gasteiger partial charge in [0.15, 0.2) is 0 Å². The Hall–Kier alpha value is -0.0400. The van der Waals surface area contributed by atoms with E-state index in [2.05, 4.69) is 34.6 Å². The second-order valence-corrected chi connectivity index (χ2v) is 7.24. The van der Waals surface area contributed by atoms with Gasteiger partial charge in [-0.25, -0.2) is 0 Å². The van der Waals surface area contributed by atoms with Gasteiger partial charge in [-0.05, 0) is 36.0 Å². The zero-order valence-electron chi connectivity index (χ0n) is 14.0. The molecule has 1 nitrogen and oxygen atoms in total. The molecule has 1 aliphatic carbocycles. The fraction of sp³-hybridized carbons (Fsp3) is 1.00. The van der Waals surface area contributed by atoms with E-state index in [1.807, 2.05) is 0 Å². The molecule has 0 aromatic rings. The van der Waals surface area contributed by atoms with Crippen LogP contribution in [0.1, 0.15) is 79.6 Å². The summed E-state index contributed by atoms with van der Waals surface area (Å²) in [6.07, 6.45) is 9.57. The molecule has 19 heavy (non-hydrogen) atoms. The number of unbranched alkanes of at least 4 members (excludes halogenated alkanes) is 3. The molecule has 0 heterocycles. The summed E-state index contributed by atoms with van der Waals surface area (Å²) >= 11 is 0. The maximum atomic E-state index is 6.62. The van der Waals surface area contributed by atoms with Gasteiger partial charge in [0, 0.05) is 6.04 Å². The monoisotopic (exact) mass is 267 g/mol. The molecule has 0 bridgehead atoms. The molecule has 114 valence electrons. The first-order valence-electron chi connectivity index (χ1n) is 8.78. The Morgan fingerprint density at radius 2 is 1.74 bits per heavy atom. The number of rotatable bonds is 8. The van der Waals surface area contributed by atoms with Crippen LogP contribution < -0.4 is 5.73 Å². The maximum Gasteiger partial charge on any atom is 0.0103 e. The molecule has 1 fully saturated rings. The summed E-state index contributed by atoms with van der Waals surface area (Å²) in [4.78, 5) is 0. The lowest BCUT2D eigenvalue weighted by Crippen LogP contribution is -2.38. The van der Waals surface area contributed by atoms with Crippen molar-refractivity contribution < 1.29 is 0 Å². The van der Waals surface area contributed by atoms with Crippen molar-refractivity contribution in [1.29, 1.82) is 0 Å². The largest absolute Gasteiger partial charge is 0.327 e. The standard InChI is InChI=1S/C18H37N/c1-6-8-9-10-11-14(4)17-15(5)12-16(18(17)19)13(3)7-2/h13-18H,6-12,19H2,1-5H3/t13?,14?,15-,16-,17+,18?/m1/s1. The molecule has 6 atom stereocenters. The van der Waals surface area contributed by atoms with E-state index in [9.17, 15) is 0 Å². The third-order valence-corrected chi connectivity index (χ3v) is 5.78. The molecular formula is C18H37N. The lowest BCUT2D eigenvalue weighted by molar-refractivity contribution is 0.232. The summed E-state index contributed by atoms with van der Waals surface area (Å²) < 4.78 is 0. The second kappa shape index (κ2) is 8.29. The topological polar surface area (TPSA) is 26.0 Å². The Labute approximate surface area is 121 Å². The Morgan fingerprint density at radius 1 is 1.05 bits per heavy atom. The van der Waals surface area contributed by atoms with Gasteiger partial charge in [-0.3, -0.25) is 0 Å². The van der Waals surface area contributed by atoms with E-state index in [1.165, 1.54) is 44.9 Å². The van der Waals surface area contributed by atoms with Gasteiger partial charge < -0.3 is 5.73 Å². The normalized spacial score (nSPS) is 34.4. The summed E-state index contributed by atoms with van der Waals surface area (Å²) in [5, 5.41) is 0. The van der Waals surface area contributed by atoms with Gasteiger partial charge in [0.1, 0.15) is 0 Å². The maximum absolute atomic E-state index is 6.62. The SMILES string of the molecule is CCCCCCC(C)[C@@H]1C(N)[C@@H](C(C)CC)C[C@H]1C. The highest BCUT2D eigenvalue weighted by Gasteiger charge is 2.42. The van der Waals surface area contributed by atoms with Crippen molar-refractivity contribution in [2.75, 3.05) is 0 Å². The fourth-order valence-corrected chi connectivity index (χ4v) is 4.35. The lowest BCUT2D eigenvalue weighted by atomic mass is 9.79. The highest BCUT2D eigenvalue weighted by molar-refractivity contribution is 4.95. The molecule has 1 saturated carbocycles. The van der Waals surface area contributed by atoms with Crippen molar-refractivity contribution in [2.45, 2.75) is 85.6 Å². The van der Waals surface area contributed by atoms with Gasteiger partial charge in [0.25, 0.3) is 0 Å². The van der Waals surface area contributed by atoms with Crippen LogP contribution in [0.25, 0.3) is 0 Å². The van der Waals surface area contributed by atoms with Crippen LogP contribution in [0, 0.1) is 29.6 Å². The van der Waals surface area contributed by atoms with Crippen molar-refractivity contribution >= 4 is 0 Å². The van der Waals surface area contributed by atoms with Crippen LogP contribution in [-0.2, 0) is 0 Å². The Kier molecular flexibility index (Phi) is 7.42. The van der Waals surface area contributed by atoms with Gasteiger partial charge in [-0.2, -0.15) is 0 Å². The summed E-state index contributed by atoms with van der Waals surface area (Å²) in [5.74, 6) is 3.98. The number of hydrogen-bond acceptors (Lipinski definition) is 1. The lowest BCUT2D eigenvalue weighted by Gasteiger charge is -2.30. The molecule has 0 radical (unpaired) electrons. The highest BCUT2D eigenvalue weighted by Crippen LogP contribution is 2.44. The van der Waals surface area contributed by atoms with Crippen molar-refractivity contribution in [1.82, 2.24) is 0 Å². The predicted octanol–water partition coefficient (Wildman–Crippen LogP) is 5.24. The van der Waals surface area contributed by atoms with Crippen molar-refractivity contribution in [3.8, 4) is 0 Å². The highest BCUT2D eigenvalue weighted by atomic mass is 14.7. The average Bonchev–Trinajstić information content (AvgIpc) is 2.69. The summed E-state index contributed by atoms with van der Waals surface area (Å²) in [6.45, 7) is 11.9. The van der Waals surface area contributed by atoms with Crippen LogP contribution in [0.2, 0.25) is 0 Å². The number of nitrogens with two attached hydrogens (primary N) is 1. The molecule has 2 N–H and O–H groups in total. The van der Waals surface area contributed by atoms with E-state index in [0.29, 0.717) is 6.04 Å². The van der Waals surface area contributed by atoms with E-state index in [1.54, 1.807) is 0 Å². The third-order valence-electron chi connectivity index (χ3n) is 5.78. The number of hydrogen-bond donors (Lipinski definition) is 1. The zero-order chi connectivity index (χ0) is 14.4. The Balaban J connectivity index is 2.47. The van der Waals surface area contributed by atoms with Crippen LogP contribution in [0.4, 0.5) is 0 Å². The molecule has 0 spiro atoms. The fourth-order valence-electron chi connectivity index (χ4n) is 4.35. The molecular weight excluding hydrogens is 230 g/mol. The first kappa shape index (κ1) is 17.0. The van der Waals surface area contributed by atoms with Crippen LogP contribution in [0.5, 0.6) is 0 Å². The van der Waals surface area contributed by atoms with E-state index in [0.717, 1.165) is 29.6 Å². The third kappa shape index (κ3) is 4.48. The first-order valence-corrected chi connectivity index (χ1v) is 8.78. The summed E-state index contributed by atoms with van der Waals surface area (Å²) in [5.41, 5.74) is 6.62. The van der Waals surface area contributed by atoms with Crippen molar-refractivity contribution in [3.63, 3.8) is 0 Å². The molecule has 1 heteroatoms. The summed E-state index contributed by atoms with van der Waals surface area (Å²) in [7, 11) is 0. The molecule has 0 saturated heterocycles. The van der Waals surface area contributed by atoms with Gasteiger partial charge in [0.2, 0.25) is 0 Å². The minimum atomic E-state index is 0.450. The van der Waals surface area contributed by atoms with Gasteiger partial charge in [-0.1, -0.05) is 73.1 Å². The predicted molar refractivity (Wildman–Crippen MR) is 86.1 cm³/mol. The smallest absolute Gasteiger partial charge is 0.0103 e. The average molecular weight is 268 g/mol. The Bertz CT molecular complexity index is 238.